The van der Waals surface area contributed by atoms with Gasteiger partial charge in [0.25, 0.3) is 0 Å². The summed E-state index contributed by atoms with van der Waals surface area (Å²) in [6.07, 6.45) is 39.5. The van der Waals surface area contributed by atoms with Gasteiger partial charge in [-0.15, -0.1) is 0 Å². The maximum absolute atomic E-state index is 10.0. The fourth-order valence-electron chi connectivity index (χ4n) is 7.72. The zero-order valence-electron chi connectivity index (χ0n) is 38.1. The number of hydrogen-bond acceptors (Lipinski definition) is 8. The molecule has 2 heterocycles. The monoisotopic (exact) mass is 801 g/mol. The predicted octanol–water partition coefficient (Wildman–Crippen LogP) is 12.8. The Morgan fingerprint density at radius 1 is 0.500 bits per heavy atom. The first-order valence-corrected chi connectivity index (χ1v) is 24.2. The van der Waals surface area contributed by atoms with Crippen LogP contribution in [0.2, 0.25) is 0 Å². The van der Waals surface area contributed by atoms with E-state index in [4.69, 9.17) is 28.4 Å². The normalized spacial score (nSPS) is 19.9. The third kappa shape index (κ3) is 33.5. The third-order valence-corrected chi connectivity index (χ3v) is 11.2. The SMILES string of the molecule is CCCCCCCCCCCCCCCCC(CO)OCC1COC(C)(C)O1.CCCCCCCCCCCCCCCCC(O)COCC1COC(C)(C)O1. The molecule has 0 amide bonds. The second kappa shape index (κ2) is 36.5. The van der Waals surface area contributed by atoms with E-state index in [-0.39, 0.29) is 31.0 Å². The number of aliphatic hydroxyl groups is 2. The van der Waals surface area contributed by atoms with E-state index in [0.29, 0.717) is 33.0 Å². The Morgan fingerprint density at radius 2 is 0.839 bits per heavy atom. The summed E-state index contributed by atoms with van der Waals surface area (Å²) in [5, 5.41) is 19.5. The molecule has 2 rings (SSSR count). The molecular weight excluding hydrogens is 705 g/mol. The lowest BCUT2D eigenvalue weighted by Gasteiger charge is -2.19. The Labute approximate surface area is 347 Å². The van der Waals surface area contributed by atoms with Crippen molar-refractivity contribution in [3.8, 4) is 0 Å². The Morgan fingerprint density at radius 3 is 1.18 bits per heavy atom. The molecule has 0 aliphatic carbocycles. The van der Waals surface area contributed by atoms with Crippen LogP contribution in [-0.4, -0.2) is 85.8 Å². The molecular formula is C48H96O8. The molecule has 0 bridgehead atoms. The highest BCUT2D eigenvalue weighted by Gasteiger charge is 2.33. The van der Waals surface area contributed by atoms with E-state index in [9.17, 15) is 10.2 Å². The van der Waals surface area contributed by atoms with Crippen LogP contribution in [0.5, 0.6) is 0 Å². The number of aliphatic hydroxyl groups excluding tert-OH is 2. The Hall–Kier alpha value is -0.320. The number of hydrogen-bond donors (Lipinski definition) is 2. The van der Waals surface area contributed by atoms with Crippen LogP contribution in [0, 0.1) is 0 Å². The molecule has 0 spiro atoms. The molecule has 4 atom stereocenters. The Bertz CT molecular complexity index is 823. The molecule has 0 aromatic carbocycles. The van der Waals surface area contributed by atoms with Crippen molar-refractivity contribution in [3.05, 3.63) is 0 Å². The van der Waals surface area contributed by atoms with Gasteiger partial charge < -0.3 is 38.6 Å². The molecule has 2 saturated heterocycles. The summed E-state index contributed by atoms with van der Waals surface area (Å²) in [5.41, 5.74) is 0. The van der Waals surface area contributed by atoms with Crippen LogP contribution in [0.4, 0.5) is 0 Å². The van der Waals surface area contributed by atoms with E-state index >= 15 is 0 Å². The van der Waals surface area contributed by atoms with Crippen LogP contribution < -0.4 is 0 Å². The molecule has 336 valence electrons. The van der Waals surface area contributed by atoms with Gasteiger partial charge in [-0.05, 0) is 40.5 Å². The molecule has 2 N–H and O–H groups in total. The Kier molecular flexibility index (Phi) is 35.0. The molecule has 2 aliphatic rings. The highest BCUT2D eigenvalue weighted by molar-refractivity contribution is 4.72. The summed E-state index contributed by atoms with van der Waals surface area (Å²) in [5.74, 6) is -1.00. The summed E-state index contributed by atoms with van der Waals surface area (Å²) in [4.78, 5) is 0. The highest BCUT2D eigenvalue weighted by Crippen LogP contribution is 2.24. The first-order valence-electron chi connectivity index (χ1n) is 24.2. The molecule has 0 saturated carbocycles. The second-order valence-corrected chi connectivity index (χ2v) is 18.0. The third-order valence-electron chi connectivity index (χ3n) is 11.2. The Balaban J connectivity index is 0.000000560. The standard InChI is InChI=1S/2C24H48O4/c1-4-5-6-7-8-9-10-11-12-13-14-15-16-17-18-22(25)19-26-20-23-21-27-24(2,3)28-23;1-4-5-6-7-8-9-10-11-12-13-14-15-16-17-18-22(19-25)26-20-23-21-27-24(2,3)28-23/h2*22-23,25H,4-21H2,1-3H3. The van der Waals surface area contributed by atoms with Crippen LogP contribution in [0.1, 0.15) is 234 Å². The maximum atomic E-state index is 10.0. The molecule has 0 radical (unpaired) electrons. The van der Waals surface area contributed by atoms with Gasteiger partial charge in [0.2, 0.25) is 0 Å². The lowest BCUT2D eigenvalue weighted by Crippen LogP contribution is -2.27. The molecule has 8 nitrogen and oxygen atoms in total. The molecule has 8 heteroatoms. The fraction of sp³-hybridized carbons (Fsp3) is 1.00. The van der Waals surface area contributed by atoms with Crippen LogP contribution in [0.15, 0.2) is 0 Å². The van der Waals surface area contributed by atoms with Crippen molar-refractivity contribution in [1.82, 2.24) is 0 Å². The van der Waals surface area contributed by atoms with Crippen molar-refractivity contribution in [2.45, 2.75) is 270 Å². The summed E-state index contributed by atoms with van der Waals surface area (Å²) in [7, 11) is 0. The van der Waals surface area contributed by atoms with Crippen LogP contribution in [0.25, 0.3) is 0 Å². The van der Waals surface area contributed by atoms with Gasteiger partial charge in [-0.1, -0.05) is 194 Å². The van der Waals surface area contributed by atoms with Crippen molar-refractivity contribution < 1.29 is 38.6 Å². The number of unbranched alkanes of at least 4 members (excludes halogenated alkanes) is 26. The minimum Gasteiger partial charge on any atom is -0.394 e. The van der Waals surface area contributed by atoms with E-state index in [2.05, 4.69) is 13.8 Å². The average molecular weight is 801 g/mol. The summed E-state index contributed by atoms with van der Waals surface area (Å²) in [6, 6.07) is 0. The van der Waals surface area contributed by atoms with E-state index in [1.165, 1.54) is 167 Å². The van der Waals surface area contributed by atoms with E-state index in [0.717, 1.165) is 25.7 Å². The highest BCUT2D eigenvalue weighted by atomic mass is 16.8. The van der Waals surface area contributed by atoms with Crippen molar-refractivity contribution in [1.29, 1.82) is 0 Å². The van der Waals surface area contributed by atoms with Crippen LogP contribution >= 0.6 is 0 Å². The average Bonchev–Trinajstić information content (AvgIpc) is 3.71. The molecule has 2 fully saturated rings. The predicted molar refractivity (Wildman–Crippen MR) is 233 cm³/mol. The maximum Gasteiger partial charge on any atom is 0.163 e. The van der Waals surface area contributed by atoms with E-state index in [1.807, 2.05) is 27.7 Å². The van der Waals surface area contributed by atoms with Gasteiger partial charge in [-0.25, -0.2) is 0 Å². The fourth-order valence-corrected chi connectivity index (χ4v) is 7.72. The lowest BCUT2D eigenvalue weighted by atomic mass is 10.0. The van der Waals surface area contributed by atoms with Gasteiger partial charge in [0.1, 0.15) is 12.2 Å². The van der Waals surface area contributed by atoms with Crippen molar-refractivity contribution in [2.24, 2.45) is 0 Å². The molecule has 0 aromatic heterocycles. The van der Waals surface area contributed by atoms with Gasteiger partial charge in [-0.2, -0.15) is 0 Å². The first-order chi connectivity index (χ1) is 27.1. The largest absolute Gasteiger partial charge is 0.394 e. The lowest BCUT2D eigenvalue weighted by molar-refractivity contribution is -0.149. The molecule has 0 aromatic rings. The van der Waals surface area contributed by atoms with Crippen molar-refractivity contribution >= 4 is 0 Å². The van der Waals surface area contributed by atoms with Gasteiger partial charge in [-0.3, -0.25) is 0 Å². The van der Waals surface area contributed by atoms with Crippen LogP contribution in [-0.2, 0) is 28.4 Å². The zero-order valence-corrected chi connectivity index (χ0v) is 38.1. The van der Waals surface area contributed by atoms with E-state index in [1.54, 1.807) is 0 Å². The van der Waals surface area contributed by atoms with Gasteiger partial charge in [0.05, 0.1) is 51.8 Å². The van der Waals surface area contributed by atoms with Gasteiger partial charge >= 0.3 is 0 Å². The molecule has 56 heavy (non-hydrogen) atoms. The topological polar surface area (TPSA) is 95.8 Å². The summed E-state index contributed by atoms with van der Waals surface area (Å²) in [6.45, 7) is 14.9. The summed E-state index contributed by atoms with van der Waals surface area (Å²) < 4.78 is 33.9. The molecule has 2 aliphatic heterocycles. The van der Waals surface area contributed by atoms with Crippen LogP contribution in [0.3, 0.4) is 0 Å². The smallest absolute Gasteiger partial charge is 0.163 e. The number of ether oxygens (including phenoxy) is 6. The van der Waals surface area contributed by atoms with Gasteiger partial charge in [0, 0.05) is 0 Å². The second-order valence-electron chi connectivity index (χ2n) is 18.0. The molecule has 4 unspecified atom stereocenters. The zero-order chi connectivity index (χ0) is 41.0. The van der Waals surface area contributed by atoms with Crippen molar-refractivity contribution in [2.75, 3.05) is 39.6 Å². The van der Waals surface area contributed by atoms with Gasteiger partial charge in [0.15, 0.2) is 11.6 Å². The summed E-state index contributed by atoms with van der Waals surface area (Å²) >= 11 is 0. The first kappa shape index (κ1) is 53.7. The van der Waals surface area contributed by atoms with Crippen molar-refractivity contribution in [3.63, 3.8) is 0 Å². The number of rotatable bonds is 38. The minimum absolute atomic E-state index is 0.0109. The minimum atomic E-state index is -0.503. The quantitative estimate of drug-likeness (QED) is 0.0596. The van der Waals surface area contributed by atoms with E-state index < -0.39 is 11.6 Å².